The number of nitrogens with one attached hydrogen (secondary N) is 1. The van der Waals surface area contributed by atoms with Gasteiger partial charge >= 0.3 is 0 Å². The van der Waals surface area contributed by atoms with Gasteiger partial charge in [0.25, 0.3) is 0 Å². The number of amides is 1. The van der Waals surface area contributed by atoms with Crippen molar-refractivity contribution in [3.8, 4) is 5.75 Å². The molecule has 1 aromatic carbocycles. The number of rotatable bonds is 5. The maximum Gasteiger partial charge on any atom is 0.224 e. The average molecular weight is 240 g/mol. The first kappa shape index (κ1) is 13.4. The molecule has 0 aliphatic rings. The summed E-state index contributed by atoms with van der Waals surface area (Å²) in [6.45, 7) is 2.29. The molecular formula is C12H17FN2O2. The van der Waals surface area contributed by atoms with Crippen LogP contribution < -0.4 is 15.8 Å². The third-order valence-electron chi connectivity index (χ3n) is 2.38. The van der Waals surface area contributed by atoms with Gasteiger partial charge in [0.15, 0.2) is 0 Å². The van der Waals surface area contributed by atoms with Crippen molar-refractivity contribution >= 4 is 11.6 Å². The first-order valence-electron chi connectivity index (χ1n) is 5.40. The van der Waals surface area contributed by atoms with E-state index in [-0.39, 0.29) is 23.9 Å². The van der Waals surface area contributed by atoms with Crippen molar-refractivity contribution in [3.63, 3.8) is 0 Å². The highest BCUT2D eigenvalue weighted by atomic mass is 19.1. The molecule has 1 atom stereocenters. The van der Waals surface area contributed by atoms with E-state index in [0.29, 0.717) is 12.3 Å². The van der Waals surface area contributed by atoms with Crippen LogP contribution in [-0.4, -0.2) is 19.6 Å². The Bertz CT molecular complexity index is 396. The number of methoxy groups -OCH3 is 1. The molecule has 17 heavy (non-hydrogen) atoms. The number of halogens is 1. The number of carbonyl (C=O) groups excluding carboxylic acids is 1. The fourth-order valence-corrected chi connectivity index (χ4v) is 1.33. The van der Waals surface area contributed by atoms with E-state index in [9.17, 15) is 9.18 Å². The SMILES string of the molecule is COc1ccc(F)c(NC(=O)CC(C)CN)c1. The van der Waals surface area contributed by atoms with Gasteiger partial charge in [-0.25, -0.2) is 4.39 Å². The fraction of sp³-hybridized carbons (Fsp3) is 0.417. The van der Waals surface area contributed by atoms with Crippen molar-refractivity contribution < 1.29 is 13.9 Å². The molecule has 3 N–H and O–H groups in total. The summed E-state index contributed by atoms with van der Waals surface area (Å²) in [6, 6.07) is 4.19. The van der Waals surface area contributed by atoms with Crippen LogP contribution in [0.3, 0.4) is 0 Å². The highest BCUT2D eigenvalue weighted by Crippen LogP contribution is 2.21. The van der Waals surface area contributed by atoms with Crippen LogP contribution in [-0.2, 0) is 4.79 Å². The monoisotopic (exact) mass is 240 g/mol. The topological polar surface area (TPSA) is 64.3 Å². The Morgan fingerprint density at radius 3 is 2.88 bits per heavy atom. The minimum Gasteiger partial charge on any atom is -0.497 e. The van der Waals surface area contributed by atoms with Crippen LogP contribution >= 0.6 is 0 Å². The zero-order valence-electron chi connectivity index (χ0n) is 10.00. The van der Waals surface area contributed by atoms with Crippen LogP contribution in [0.25, 0.3) is 0 Å². The first-order valence-corrected chi connectivity index (χ1v) is 5.40. The predicted molar refractivity (Wildman–Crippen MR) is 64.4 cm³/mol. The van der Waals surface area contributed by atoms with Gasteiger partial charge < -0.3 is 15.8 Å². The summed E-state index contributed by atoms with van der Waals surface area (Å²) in [5.41, 5.74) is 5.54. The van der Waals surface area contributed by atoms with E-state index in [1.807, 2.05) is 6.92 Å². The van der Waals surface area contributed by atoms with Crippen LogP contribution in [0.1, 0.15) is 13.3 Å². The maximum absolute atomic E-state index is 13.4. The van der Waals surface area contributed by atoms with Gasteiger partial charge in [0.05, 0.1) is 12.8 Å². The predicted octanol–water partition coefficient (Wildman–Crippen LogP) is 1.76. The first-order chi connectivity index (χ1) is 8.06. The highest BCUT2D eigenvalue weighted by Gasteiger charge is 2.11. The lowest BCUT2D eigenvalue weighted by Gasteiger charge is -2.10. The van der Waals surface area contributed by atoms with E-state index in [2.05, 4.69) is 5.32 Å². The zero-order chi connectivity index (χ0) is 12.8. The molecule has 1 unspecified atom stereocenters. The molecule has 1 amide bonds. The molecule has 0 aliphatic heterocycles. The van der Waals surface area contributed by atoms with Crippen molar-refractivity contribution in [2.75, 3.05) is 19.0 Å². The second-order valence-electron chi connectivity index (χ2n) is 3.94. The Kier molecular flexibility index (Phi) is 4.90. The number of nitrogens with two attached hydrogens (primary N) is 1. The van der Waals surface area contributed by atoms with Crippen LogP contribution in [0.5, 0.6) is 5.75 Å². The van der Waals surface area contributed by atoms with E-state index >= 15 is 0 Å². The summed E-state index contributed by atoms with van der Waals surface area (Å²) in [5, 5.41) is 2.50. The Morgan fingerprint density at radius 2 is 2.29 bits per heavy atom. The van der Waals surface area contributed by atoms with Gasteiger partial charge in [-0.2, -0.15) is 0 Å². The van der Waals surface area contributed by atoms with Gasteiger partial charge in [0.2, 0.25) is 5.91 Å². The Morgan fingerprint density at radius 1 is 1.59 bits per heavy atom. The van der Waals surface area contributed by atoms with Gasteiger partial charge in [0.1, 0.15) is 11.6 Å². The van der Waals surface area contributed by atoms with Crippen LogP contribution in [0.15, 0.2) is 18.2 Å². The number of carbonyl (C=O) groups is 1. The van der Waals surface area contributed by atoms with Gasteiger partial charge in [-0.05, 0) is 24.6 Å². The third-order valence-corrected chi connectivity index (χ3v) is 2.38. The van der Waals surface area contributed by atoms with Crippen molar-refractivity contribution in [1.82, 2.24) is 0 Å². The molecule has 0 aliphatic carbocycles. The molecule has 5 heteroatoms. The molecule has 0 saturated heterocycles. The van der Waals surface area contributed by atoms with Crippen molar-refractivity contribution in [3.05, 3.63) is 24.0 Å². The second-order valence-corrected chi connectivity index (χ2v) is 3.94. The van der Waals surface area contributed by atoms with Gasteiger partial charge in [0, 0.05) is 12.5 Å². The lowest BCUT2D eigenvalue weighted by Crippen LogP contribution is -2.20. The third kappa shape index (κ3) is 4.03. The number of hydrogen-bond acceptors (Lipinski definition) is 3. The molecule has 0 aromatic heterocycles. The molecule has 0 radical (unpaired) electrons. The molecule has 1 aromatic rings. The smallest absolute Gasteiger partial charge is 0.224 e. The molecule has 94 valence electrons. The van der Waals surface area contributed by atoms with E-state index in [1.54, 1.807) is 0 Å². The van der Waals surface area contributed by atoms with Crippen molar-refractivity contribution in [2.45, 2.75) is 13.3 Å². The highest BCUT2D eigenvalue weighted by molar-refractivity contribution is 5.91. The fourth-order valence-electron chi connectivity index (χ4n) is 1.33. The Hall–Kier alpha value is -1.62. The lowest BCUT2D eigenvalue weighted by atomic mass is 10.1. The van der Waals surface area contributed by atoms with Crippen LogP contribution in [0.4, 0.5) is 10.1 Å². The van der Waals surface area contributed by atoms with Crippen LogP contribution in [0.2, 0.25) is 0 Å². The molecule has 0 heterocycles. The molecule has 4 nitrogen and oxygen atoms in total. The normalized spacial score (nSPS) is 12.0. The zero-order valence-corrected chi connectivity index (χ0v) is 10.00. The minimum atomic E-state index is -0.487. The molecule has 0 bridgehead atoms. The summed E-state index contributed by atoms with van der Waals surface area (Å²) >= 11 is 0. The summed E-state index contributed by atoms with van der Waals surface area (Å²) in [5.74, 6) is -0.174. The minimum absolute atomic E-state index is 0.0728. The van der Waals surface area contributed by atoms with Gasteiger partial charge in [-0.1, -0.05) is 6.92 Å². The van der Waals surface area contributed by atoms with E-state index in [0.717, 1.165) is 0 Å². The van der Waals surface area contributed by atoms with Crippen molar-refractivity contribution in [1.29, 1.82) is 0 Å². The van der Waals surface area contributed by atoms with Gasteiger partial charge in [-0.15, -0.1) is 0 Å². The van der Waals surface area contributed by atoms with E-state index < -0.39 is 5.82 Å². The second kappa shape index (κ2) is 6.20. The van der Waals surface area contributed by atoms with Crippen molar-refractivity contribution in [2.24, 2.45) is 11.7 Å². The molecule has 0 fully saturated rings. The summed E-state index contributed by atoms with van der Waals surface area (Å²) in [4.78, 5) is 11.6. The summed E-state index contributed by atoms with van der Waals surface area (Å²) < 4.78 is 18.3. The maximum atomic E-state index is 13.4. The van der Waals surface area contributed by atoms with Gasteiger partial charge in [-0.3, -0.25) is 4.79 Å². The molecule has 0 spiro atoms. The summed E-state index contributed by atoms with van der Waals surface area (Å²) in [7, 11) is 1.48. The Balaban J connectivity index is 2.70. The Labute approximate surface area is 100.0 Å². The quantitative estimate of drug-likeness (QED) is 0.824. The van der Waals surface area contributed by atoms with E-state index in [4.69, 9.17) is 10.5 Å². The molecule has 1 rings (SSSR count). The number of benzene rings is 1. The molecular weight excluding hydrogens is 223 g/mol. The van der Waals surface area contributed by atoms with E-state index in [1.165, 1.54) is 25.3 Å². The lowest BCUT2D eigenvalue weighted by molar-refractivity contribution is -0.116. The summed E-state index contributed by atoms with van der Waals surface area (Å²) in [6.07, 6.45) is 0.271. The number of anilines is 1. The number of hydrogen-bond donors (Lipinski definition) is 2. The van der Waals surface area contributed by atoms with Crippen LogP contribution in [0, 0.1) is 11.7 Å². The average Bonchev–Trinajstić information content (AvgIpc) is 2.31. The number of ether oxygens (including phenoxy) is 1. The largest absolute Gasteiger partial charge is 0.497 e. The standard InChI is InChI=1S/C12H17FN2O2/c1-8(7-14)5-12(16)15-11-6-9(17-2)3-4-10(11)13/h3-4,6,8H,5,7,14H2,1-2H3,(H,15,16). The molecule has 0 saturated carbocycles.